The molecule has 7 heteroatoms. The summed E-state index contributed by atoms with van der Waals surface area (Å²) in [5.74, 6) is 0.747. The molecule has 0 atom stereocenters. The normalized spacial score (nSPS) is 10.8. The number of amides is 1. The molecule has 160 valence electrons. The first-order chi connectivity index (χ1) is 14.9. The zero-order valence-electron chi connectivity index (χ0n) is 17.2. The Kier molecular flexibility index (Phi) is 7.78. The topological polar surface area (TPSA) is 59.9 Å². The van der Waals surface area contributed by atoms with Gasteiger partial charge in [-0.2, -0.15) is 5.10 Å². The van der Waals surface area contributed by atoms with Crippen molar-refractivity contribution >= 4 is 28.1 Å². The highest BCUT2D eigenvalue weighted by Crippen LogP contribution is 2.25. The zero-order valence-corrected chi connectivity index (χ0v) is 18.8. The van der Waals surface area contributed by atoms with E-state index in [1.165, 1.54) is 12.1 Å². The lowest BCUT2D eigenvalue weighted by molar-refractivity contribution is -0.123. The lowest BCUT2D eigenvalue weighted by atomic mass is 10.1. The molecule has 1 N–H and O–H groups in total. The molecule has 0 radical (unpaired) electrons. The number of hydrogen-bond donors (Lipinski definition) is 1. The number of nitrogens with one attached hydrogen (secondary N) is 1. The van der Waals surface area contributed by atoms with Crippen LogP contribution in [0.2, 0.25) is 0 Å². The van der Waals surface area contributed by atoms with Gasteiger partial charge in [0.1, 0.15) is 23.9 Å². The lowest BCUT2D eigenvalue weighted by Gasteiger charge is -2.13. The first-order valence-electron chi connectivity index (χ1n) is 9.59. The summed E-state index contributed by atoms with van der Waals surface area (Å²) in [5.41, 5.74) is 6.05. The Balaban J connectivity index is 1.52. The fourth-order valence-corrected chi connectivity index (χ4v) is 3.18. The largest absolute Gasteiger partial charge is 0.488 e. The van der Waals surface area contributed by atoms with E-state index in [2.05, 4.69) is 26.5 Å². The number of carbonyl (C=O) groups is 1. The minimum Gasteiger partial charge on any atom is -0.488 e. The van der Waals surface area contributed by atoms with Gasteiger partial charge in [-0.15, -0.1) is 0 Å². The molecular formula is C24H22BrFN2O3. The van der Waals surface area contributed by atoms with E-state index < -0.39 is 0 Å². The predicted molar refractivity (Wildman–Crippen MR) is 122 cm³/mol. The first-order valence-corrected chi connectivity index (χ1v) is 10.4. The van der Waals surface area contributed by atoms with Gasteiger partial charge in [0.15, 0.2) is 6.61 Å². The number of nitrogens with zero attached hydrogens (tertiary/aromatic N) is 1. The number of rotatable bonds is 8. The van der Waals surface area contributed by atoms with Gasteiger partial charge in [0.05, 0.1) is 6.21 Å². The molecule has 1 amide bonds. The number of benzene rings is 3. The van der Waals surface area contributed by atoms with Crippen LogP contribution in [0.15, 0.2) is 70.2 Å². The van der Waals surface area contributed by atoms with Crippen LogP contribution < -0.4 is 14.9 Å². The highest BCUT2D eigenvalue weighted by atomic mass is 79.9. The Morgan fingerprint density at radius 3 is 2.32 bits per heavy atom. The third-order valence-corrected chi connectivity index (χ3v) is 4.89. The summed E-state index contributed by atoms with van der Waals surface area (Å²) >= 11 is 3.34. The third-order valence-electron chi connectivity index (χ3n) is 4.37. The van der Waals surface area contributed by atoms with Gasteiger partial charge in [-0.3, -0.25) is 4.79 Å². The Hall–Kier alpha value is -3.19. The van der Waals surface area contributed by atoms with Crippen LogP contribution in [0.5, 0.6) is 11.5 Å². The quantitative estimate of drug-likeness (QED) is 0.348. The van der Waals surface area contributed by atoms with E-state index in [9.17, 15) is 9.18 Å². The second-order valence-electron chi connectivity index (χ2n) is 6.93. The van der Waals surface area contributed by atoms with Crippen LogP contribution in [0.1, 0.15) is 22.3 Å². The van der Waals surface area contributed by atoms with E-state index in [1.54, 1.807) is 30.5 Å². The van der Waals surface area contributed by atoms with Crippen molar-refractivity contribution in [3.05, 3.63) is 93.2 Å². The van der Waals surface area contributed by atoms with Crippen LogP contribution >= 0.6 is 15.9 Å². The molecule has 0 aliphatic heterocycles. The molecule has 3 aromatic carbocycles. The summed E-state index contributed by atoms with van der Waals surface area (Å²) in [6.07, 6.45) is 1.57. The first kappa shape index (κ1) is 22.5. The molecule has 0 spiro atoms. The van der Waals surface area contributed by atoms with Gasteiger partial charge in [0.25, 0.3) is 5.91 Å². The molecule has 0 heterocycles. The highest BCUT2D eigenvalue weighted by molar-refractivity contribution is 9.10. The van der Waals surface area contributed by atoms with Crippen molar-refractivity contribution in [1.82, 2.24) is 5.43 Å². The van der Waals surface area contributed by atoms with Crippen LogP contribution in [-0.2, 0) is 11.4 Å². The summed E-state index contributed by atoms with van der Waals surface area (Å²) in [4.78, 5) is 11.9. The van der Waals surface area contributed by atoms with Gasteiger partial charge < -0.3 is 9.47 Å². The fourth-order valence-electron chi connectivity index (χ4n) is 2.91. The molecule has 0 bridgehead atoms. The zero-order chi connectivity index (χ0) is 22.2. The molecule has 3 aromatic rings. The number of aryl methyl sites for hydroxylation is 2. The standard InChI is InChI=1S/C24H22BrFN2O3/c1-16-11-19(12-17(2)24(16)31-14-18-3-7-21(26)8-4-18)13-27-28-23(29)15-30-22-9-5-20(25)6-10-22/h3-13H,14-15H2,1-2H3,(H,28,29)/b27-13-. The maximum atomic E-state index is 13.0. The summed E-state index contributed by atoms with van der Waals surface area (Å²) in [5, 5.41) is 3.99. The summed E-state index contributed by atoms with van der Waals surface area (Å²) in [6, 6.07) is 17.3. The van der Waals surface area contributed by atoms with E-state index in [0.29, 0.717) is 12.4 Å². The van der Waals surface area contributed by atoms with Gasteiger partial charge in [-0.25, -0.2) is 9.82 Å². The van der Waals surface area contributed by atoms with Crippen LogP contribution in [-0.4, -0.2) is 18.7 Å². The van der Waals surface area contributed by atoms with Crippen molar-refractivity contribution in [2.24, 2.45) is 5.10 Å². The van der Waals surface area contributed by atoms with Crippen LogP contribution in [0.4, 0.5) is 4.39 Å². The van der Waals surface area contributed by atoms with Crippen molar-refractivity contribution in [1.29, 1.82) is 0 Å². The maximum absolute atomic E-state index is 13.0. The van der Waals surface area contributed by atoms with Crippen molar-refractivity contribution in [2.45, 2.75) is 20.5 Å². The molecule has 0 aromatic heterocycles. The Morgan fingerprint density at radius 1 is 1.03 bits per heavy atom. The Bertz CT molecular complexity index is 1040. The van der Waals surface area contributed by atoms with Crippen molar-refractivity contribution in [2.75, 3.05) is 6.61 Å². The van der Waals surface area contributed by atoms with Gasteiger partial charge in [0, 0.05) is 4.47 Å². The summed E-state index contributed by atoms with van der Waals surface area (Å²) in [6.45, 7) is 4.10. The van der Waals surface area contributed by atoms with Crippen molar-refractivity contribution in [3.8, 4) is 11.5 Å². The SMILES string of the molecule is Cc1cc(/C=N\NC(=O)COc2ccc(Br)cc2)cc(C)c1OCc1ccc(F)cc1. The fraction of sp³-hybridized carbons (Fsp3) is 0.167. The number of halogens is 2. The van der Waals surface area contributed by atoms with Crippen LogP contribution in [0.25, 0.3) is 0 Å². The smallest absolute Gasteiger partial charge is 0.277 e. The monoisotopic (exact) mass is 484 g/mol. The summed E-state index contributed by atoms with van der Waals surface area (Å²) in [7, 11) is 0. The summed E-state index contributed by atoms with van der Waals surface area (Å²) < 4.78 is 25.3. The molecule has 31 heavy (non-hydrogen) atoms. The Labute approximate surface area is 189 Å². The lowest BCUT2D eigenvalue weighted by Crippen LogP contribution is -2.24. The minimum absolute atomic E-state index is 0.132. The number of hydrazone groups is 1. The second kappa shape index (κ2) is 10.7. The van der Waals surface area contributed by atoms with E-state index in [-0.39, 0.29) is 18.3 Å². The Morgan fingerprint density at radius 2 is 1.68 bits per heavy atom. The average molecular weight is 485 g/mol. The highest BCUT2D eigenvalue weighted by Gasteiger charge is 2.07. The van der Waals surface area contributed by atoms with Gasteiger partial charge in [-0.05, 0) is 84.6 Å². The van der Waals surface area contributed by atoms with Crippen molar-refractivity contribution in [3.63, 3.8) is 0 Å². The molecule has 3 rings (SSSR count). The van der Waals surface area contributed by atoms with E-state index in [4.69, 9.17) is 9.47 Å². The molecule has 0 unspecified atom stereocenters. The molecule has 5 nitrogen and oxygen atoms in total. The van der Waals surface area contributed by atoms with E-state index in [0.717, 1.165) is 32.5 Å². The molecular weight excluding hydrogens is 463 g/mol. The number of carbonyl (C=O) groups excluding carboxylic acids is 1. The van der Waals surface area contributed by atoms with Crippen molar-refractivity contribution < 1.29 is 18.7 Å². The third kappa shape index (κ3) is 6.93. The second-order valence-corrected chi connectivity index (χ2v) is 7.85. The minimum atomic E-state index is -0.355. The molecule has 0 aliphatic rings. The number of hydrogen-bond acceptors (Lipinski definition) is 4. The predicted octanol–water partition coefficient (Wildman–Crippen LogP) is 5.31. The van der Waals surface area contributed by atoms with Gasteiger partial charge in [0.2, 0.25) is 0 Å². The number of ether oxygens (including phenoxy) is 2. The van der Waals surface area contributed by atoms with E-state index >= 15 is 0 Å². The average Bonchev–Trinajstić information content (AvgIpc) is 2.74. The van der Waals surface area contributed by atoms with Gasteiger partial charge >= 0.3 is 0 Å². The maximum Gasteiger partial charge on any atom is 0.277 e. The van der Waals surface area contributed by atoms with E-state index in [1.807, 2.05) is 38.1 Å². The van der Waals surface area contributed by atoms with Crippen LogP contribution in [0, 0.1) is 19.7 Å². The van der Waals surface area contributed by atoms with Crippen LogP contribution in [0.3, 0.4) is 0 Å². The molecule has 0 aliphatic carbocycles. The molecule has 0 saturated carbocycles. The van der Waals surface area contributed by atoms with Gasteiger partial charge in [-0.1, -0.05) is 28.1 Å². The molecule has 0 fully saturated rings. The molecule has 0 saturated heterocycles.